The van der Waals surface area contributed by atoms with Gasteiger partial charge in [0.1, 0.15) is 0 Å². The Bertz CT molecular complexity index is 862. The number of carbonyl (C=O) groups is 1. The number of hydrogen-bond donors (Lipinski definition) is 1. The normalized spacial score (nSPS) is 20.2. The minimum Gasteiger partial charge on any atom is -0.348 e. The van der Waals surface area contributed by atoms with Crippen LogP contribution < -0.4 is 5.32 Å². The van der Waals surface area contributed by atoms with Crippen molar-refractivity contribution < 1.29 is 13.2 Å². The number of nitrogens with one attached hydrogen (secondary N) is 1. The van der Waals surface area contributed by atoms with Crippen LogP contribution in [-0.2, 0) is 9.84 Å². The molecule has 116 valence electrons. The van der Waals surface area contributed by atoms with Crippen LogP contribution in [0.3, 0.4) is 0 Å². The van der Waals surface area contributed by atoms with Gasteiger partial charge in [-0.2, -0.15) is 0 Å². The summed E-state index contributed by atoms with van der Waals surface area (Å²) in [4.78, 5) is 21.1. The number of aryl methyl sites for hydroxylation is 2. The van der Waals surface area contributed by atoms with E-state index in [9.17, 15) is 13.2 Å². The SMILES string of the molecule is Cc1nc2ccc(C(=O)NC3CCS(=O)(=O)C3)cc2nc1C. The highest BCUT2D eigenvalue weighted by molar-refractivity contribution is 7.91. The van der Waals surface area contributed by atoms with Gasteiger partial charge < -0.3 is 5.32 Å². The highest BCUT2D eigenvalue weighted by atomic mass is 32.2. The van der Waals surface area contributed by atoms with Gasteiger partial charge in [-0.3, -0.25) is 4.79 Å². The van der Waals surface area contributed by atoms with Crippen molar-refractivity contribution >= 4 is 26.8 Å². The number of hydrogen-bond acceptors (Lipinski definition) is 5. The molecule has 1 aromatic carbocycles. The smallest absolute Gasteiger partial charge is 0.251 e. The molecule has 2 heterocycles. The summed E-state index contributed by atoms with van der Waals surface area (Å²) >= 11 is 0. The Morgan fingerprint density at radius 3 is 2.50 bits per heavy atom. The summed E-state index contributed by atoms with van der Waals surface area (Å²) in [6.07, 6.45) is 0.472. The lowest BCUT2D eigenvalue weighted by Gasteiger charge is -2.11. The molecule has 3 rings (SSSR count). The van der Waals surface area contributed by atoms with E-state index in [0.29, 0.717) is 17.5 Å². The largest absolute Gasteiger partial charge is 0.348 e. The van der Waals surface area contributed by atoms with Crippen molar-refractivity contribution in [1.82, 2.24) is 15.3 Å². The van der Waals surface area contributed by atoms with Crippen LogP contribution in [0.25, 0.3) is 11.0 Å². The van der Waals surface area contributed by atoms with Crippen molar-refractivity contribution in [1.29, 1.82) is 0 Å². The van der Waals surface area contributed by atoms with Crippen LogP contribution in [0.4, 0.5) is 0 Å². The molecule has 1 saturated heterocycles. The molecule has 0 saturated carbocycles. The van der Waals surface area contributed by atoms with Crippen LogP contribution in [0.2, 0.25) is 0 Å². The number of fused-ring (bicyclic) bond motifs is 1. The third kappa shape index (κ3) is 2.94. The summed E-state index contributed by atoms with van der Waals surface area (Å²) in [7, 11) is -3.01. The molecule has 0 aliphatic carbocycles. The second kappa shape index (κ2) is 5.31. The number of amides is 1. The van der Waals surface area contributed by atoms with Gasteiger partial charge in [-0.1, -0.05) is 0 Å². The first kappa shape index (κ1) is 14.9. The third-order valence-electron chi connectivity index (χ3n) is 3.91. The predicted molar refractivity (Wildman–Crippen MR) is 83.5 cm³/mol. The zero-order valence-electron chi connectivity index (χ0n) is 12.5. The predicted octanol–water partition coefficient (Wildman–Crippen LogP) is 1.16. The average molecular weight is 319 g/mol. The standard InChI is InChI=1S/C15H17N3O3S/c1-9-10(2)17-14-7-11(3-4-13(14)16-9)15(19)18-12-5-6-22(20,21)8-12/h3-4,7,12H,5-6,8H2,1-2H3,(H,18,19). The molecule has 7 heteroatoms. The Morgan fingerprint density at radius 1 is 1.18 bits per heavy atom. The lowest BCUT2D eigenvalue weighted by atomic mass is 10.1. The van der Waals surface area contributed by atoms with Gasteiger partial charge in [-0.05, 0) is 38.5 Å². The molecule has 0 spiro atoms. The van der Waals surface area contributed by atoms with E-state index in [-0.39, 0.29) is 23.5 Å². The lowest BCUT2D eigenvalue weighted by molar-refractivity contribution is 0.0941. The molecule has 1 atom stereocenters. The number of benzene rings is 1. The second-order valence-corrected chi connectivity index (χ2v) is 7.90. The average Bonchev–Trinajstić information content (AvgIpc) is 2.78. The summed E-state index contributed by atoms with van der Waals surface area (Å²) in [5.74, 6) is -0.117. The highest BCUT2D eigenvalue weighted by Gasteiger charge is 2.29. The van der Waals surface area contributed by atoms with E-state index < -0.39 is 9.84 Å². The molecule has 1 aliphatic rings. The summed E-state index contributed by atoms with van der Waals surface area (Å²) in [5, 5.41) is 2.78. The van der Waals surface area contributed by atoms with Crippen LogP contribution in [0.1, 0.15) is 28.2 Å². The first-order chi connectivity index (χ1) is 10.3. The Kier molecular flexibility index (Phi) is 3.60. The number of rotatable bonds is 2. The van der Waals surface area contributed by atoms with Gasteiger partial charge >= 0.3 is 0 Å². The number of carbonyl (C=O) groups excluding carboxylic acids is 1. The van der Waals surface area contributed by atoms with Gasteiger partial charge in [0.2, 0.25) is 0 Å². The number of sulfone groups is 1. The summed E-state index contributed by atoms with van der Waals surface area (Å²) in [5.41, 5.74) is 3.56. The maximum Gasteiger partial charge on any atom is 0.251 e. The van der Waals surface area contributed by atoms with E-state index in [1.807, 2.05) is 13.8 Å². The van der Waals surface area contributed by atoms with Gasteiger partial charge in [-0.25, -0.2) is 18.4 Å². The molecule has 0 radical (unpaired) electrons. The van der Waals surface area contributed by atoms with E-state index in [1.165, 1.54) is 0 Å². The van der Waals surface area contributed by atoms with Crippen molar-refractivity contribution in [2.75, 3.05) is 11.5 Å². The Labute approximate surface area is 128 Å². The van der Waals surface area contributed by atoms with Gasteiger partial charge in [-0.15, -0.1) is 0 Å². The van der Waals surface area contributed by atoms with Gasteiger partial charge in [0.15, 0.2) is 9.84 Å². The molecular formula is C15H17N3O3S. The Morgan fingerprint density at radius 2 is 1.86 bits per heavy atom. The van der Waals surface area contributed by atoms with Crippen LogP contribution in [-0.4, -0.2) is 41.8 Å². The van der Waals surface area contributed by atoms with Crippen LogP contribution in [0.15, 0.2) is 18.2 Å². The summed E-state index contributed by atoms with van der Waals surface area (Å²) in [6, 6.07) is 4.83. The molecule has 0 bridgehead atoms. The van der Waals surface area contributed by atoms with Crippen molar-refractivity contribution in [3.05, 3.63) is 35.2 Å². The minimum atomic E-state index is -3.01. The summed E-state index contributed by atoms with van der Waals surface area (Å²) in [6.45, 7) is 3.76. The zero-order chi connectivity index (χ0) is 15.9. The Hall–Kier alpha value is -2.02. The van der Waals surface area contributed by atoms with E-state index in [2.05, 4.69) is 15.3 Å². The molecule has 1 N–H and O–H groups in total. The maximum absolute atomic E-state index is 12.3. The molecule has 22 heavy (non-hydrogen) atoms. The topological polar surface area (TPSA) is 89.0 Å². The second-order valence-electron chi connectivity index (χ2n) is 5.67. The van der Waals surface area contributed by atoms with E-state index in [0.717, 1.165) is 16.9 Å². The van der Waals surface area contributed by atoms with Crippen molar-refractivity contribution in [3.8, 4) is 0 Å². The zero-order valence-corrected chi connectivity index (χ0v) is 13.3. The van der Waals surface area contributed by atoms with Crippen molar-refractivity contribution in [2.45, 2.75) is 26.3 Å². The lowest BCUT2D eigenvalue weighted by Crippen LogP contribution is -2.35. The Balaban J connectivity index is 1.84. The molecule has 6 nitrogen and oxygen atoms in total. The molecule has 1 unspecified atom stereocenters. The van der Waals surface area contributed by atoms with Gasteiger partial charge in [0, 0.05) is 11.6 Å². The fraction of sp³-hybridized carbons (Fsp3) is 0.400. The summed E-state index contributed by atoms with van der Waals surface area (Å²) < 4.78 is 22.9. The van der Waals surface area contributed by atoms with E-state index >= 15 is 0 Å². The molecule has 1 amide bonds. The molecule has 1 aliphatic heterocycles. The quantitative estimate of drug-likeness (QED) is 0.897. The first-order valence-corrected chi connectivity index (χ1v) is 8.92. The monoisotopic (exact) mass is 319 g/mol. The van der Waals surface area contributed by atoms with Crippen LogP contribution in [0.5, 0.6) is 0 Å². The molecule has 2 aromatic rings. The van der Waals surface area contributed by atoms with Gasteiger partial charge in [0.25, 0.3) is 5.91 Å². The van der Waals surface area contributed by atoms with Crippen molar-refractivity contribution in [2.24, 2.45) is 0 Å². The van der Waals surface area contributed by atoms with E-state index in [4.69, 9.17) is 0 Å². The van der Waals surface area contributed by atoms with Crippen LogP contribution >= 0.6 is 0 Å². The van der Waals surface area contributed by atoms with Gasteiger partial charge in [0.05, 0.1) is 33.9 Å². The highest BCUT2D eigenvalue weighted by Crippen LogP contribution is 2.16. The maximum atomic E-state index is 12.3. The number of nitrogens with zero attached hydrogens (tertiary/aromatic N) is 2. The van der Waals surface area contributed by atoms with Crippen LogP contribution in [0, 0.1) is 13.8 Å². The molecule has 1 fully saturated rings. The molecule has 1 aromatic heterocycles. The van der Waals surface area contributed by atoms with Crippen molar-refractivity contribution in [3.63, 3.8) is 0 Å². The molecular weight excluding hydrogens is 302 g/mol. The number of aromatic nitrogens is 2. The fourth-order valence-electron chi connectivity index (χ4n) is 2.55. The van der Waals surface area contributed by atoms with E-state index in [1.54, 1.807) is 18.2 Å². The third-order valence-corrected chi connectivity index (χ3v) is 5.67. The minimum absolute atomic E-state index is 0.0183. The first-order valence-electron chi connectivity index (χ1n) is 7.10. The fourth-order valence-corrected chi connectivity index (χ4v) is 4.22.